The zero-order valence-corrected chi connectivity index (χ0v) is 23.8. The molecule has 0 aliphatic carbocycles. The molecular formula is C31H37FN4O6. The number of hydrogen-bond acceptors (Lipinski definition) is 6. The van der Waals surface area contributed by atoms with Gasteiger partial charge in [-0.15, -0.1) is 0 Å². The van der Waals surface area contributed by atoms with Crippen molar-refractivity contribution in [3.8, 4) is 5.75 Å². The monoisotopic (exact) mass is 580 g/mol. The highest BCUT2D eigenvalue weighted by atomic mass is 19.1. The number of carbonyl (C=O) groups is 4. The van der Waals surface area contributed by atoms with E-state index in [1.807, 2.05) is 6.07 Å². The lowest BCUT2D eigenvalue weighted by atomic mass is 9.74. The molecule has 2 saturated heterocycles. The molecule has 224 valence electrons. The standard InChI is InChI=1S/C31H37FN4O6/c1-35-18-28(38)36-13-5-8-23(36)19-42-26-10-3-2-9-24(26)29(39)34-25(17-27(35)37)30(40)33-20-31(11-14-41-15-12-31)21-6-4-7-22(32)16-21/h2-4,6-7,9-10,16,23,25H,5,8,11-15,17-20H2,1H3,(H,33,40)(H,34,39)/t23-,25+/m1/s1. The van der Waals surface area contributed by atoms with E-state index in [4.69, 9.17) is 9.47 Å². The summed E-state index contributed by atoms with van der Waals surface area (Å²) in [4.78, 5) is 56.5. The van der Waals surface area contributed by atoms with E-state index in [-0.39, 0.29) is 49.4 Å². The van der Waals surface area contributed by atoms with Crippen molar-refractivity contribution in [3.63, 3.8) is 0 Å². The quantitative estimate of drug-likeness (QED) is 0.572. The molecule has 0 bridgehead atoms. The van der Waals surface area contributed by atoms with Crippen molar-refractivity contribution in [2.24, 2.45) is 0 Å². The summed E-state index contributed by atoms with van der Waals surface area (Å²) in [6, 6.07) is 11.6. The predicted molar refractivity (Wildman–Crippen MR) is 151 cm³/mol. The molecule has 2 atom stereocenters. The van der Waals surface area contributed by atoms with Crippen LogP contribution in [0.2, 0.25) is 0 Å². The summed E-state index contributed by atoms with van der Waals surface area (Å²) in [5, 5.41) is 5.65. The number of nitrogens with one attached hydrogen (secondary N) is 2. The van der Waals surface area contributed by atoms with Crippen molar-refractivity contribution >= 4 is 23.6 Å². The second-order valence-corrected chi connectivity index (χ2v) is 11.3. The van der Waals surface area contributed by atoms with E-state index in [1.165, 1.54) is 24.1 Å². The Bertz CT molecular complexity index is 1330. The molecule has 2 aromatic carbocycles. The van der Waals surface area contributed by atoms with Gasteiger partial charge in [-0.2, -0.15) is 0 Å². The Morgan fingerprint density at radius 2 is 1.88 bits per heavy atom. The maximum atomic E-state index is 14.2. The minimum Gasteiger partial charge on any atom is -0.491 e. The summed E-state index contributed by atoms with van der Waals surface area (Å²) in [5.41, 5.74) is 0.410. The van der Waals surface area contributed by atoms with Crippen molar-refractivity contribution < 1.29 is 33.0 Å². The highest BCUT2D eigenvalue weighted by Crippen LogP contribution is 2.34. The van der Waals surface area contributed by atoms with Crippen LogP contribution in [0.5, 0.6) is 5.75 Å². The van der Waals surface area contributed by atoms with Crippen LogP contribution in [0.15, 0.2) is 48.5 Å². The number of hydrogen-bond donors (Lipinski definition) is 2. The lowest BCUT2D eigenvalue weighted by molar-refractivity contribution is -0.141. The topological polar surface area (TPSA) is 117 Å². The first-order chi connectivity index (χ1) is 20.3. The number of para-hydroxylation sites is 1. The van der Waals surface area contributed by atoms with E-state index in [2.05, 4.69) is 10.6 Å². The molecule has 0 radical (unpaired) electrons. The second kappa shape index (κ2) is 12.9. The van der Waals surface area contributed by atoms with Crippen molar-refractivity contribution in [1.82, 2.24) is 20.4 Å². The van der Waals surface area contributed by atoms with Crippen LogP contribution in [0.1, 0.15) is 48.0 Å². The maximum Gasteiger partial charge on any atom is 0.255 e. The predicted octanol–water partition coefficient (Wildman–Crippen LogP) is 2.02. The Morgan fingerprint density at radius 3 is 2.67 bits per heavy atom. The normalized spacial score (nSPS) is 23.2. The zero-order valence-electron chi connectivity index (χ0n) is 23.8. The van der Waals surface area contributed by atoms with Crippen molar-refractivity contribution in [3.05, 3.63) is 65.5 Å². The number of fused-ring (bicyclic) bond motifs is 2. The SMILES string of the molecule is CN1CC(=O)N2CCC[C@@H]2COc2ccccc2C(=O)N[C@H](C(=O)NCC2(c3cccc(F)c3)CCOCC2)CC1=O. The number of ether oxygens (including phenoxy) is 2. The number of rotatable bonds is 4. The molecule has 2 fully saturated rings. The molecule has 4 amide bonds. The average Bonchev–Trinajstić information content (AvgIpc) is 3.47. The van der Waals surface area contributed by atoms with Crippen LogP contribution in [0.4, 0.5) is 4.39 Å². The minimum absolute atomic E-state index is 0.142. The Balaban J connectivity index is 1.39. The van der Waals surface area contributed by atoms with Gasteiger partial charge in [-0.3, -0.25) is 19.2 Å². The van der Waals surface area contributed by atoms with Crippen LogP contribution in [0, 0.1) is 5.82 Å². The zero-order chi connectivity index (χ0) is 29.7. The van der Waals surface area contributed by atoms with Gasteiger partial charge < -0.3 is 29.9 Å². The van der Waals surface area contributed by atoms with Gasteiger partial charge in [0.25, 0.3) is 5.91 Å². The van der Waals surface area contributed by atoms with E-state index < -0.39 is 29.2 Å². The third-order valence-corrected chi connectivity index (χ3v) is 8.55. The molecule has 0 spiro atoms. The number of nitrogens with zero attached hydrogens (tertiary/aromatic N) is 2. The summed E-state index contributed by atoms with van der Waals surface area (Å²) >= 11 is 0. The maximum absolute atomic E-state index is 14.2. The van der Waals surface area contributed by atoms with E-state index in [0.717, 1.165) is 18.4 Å². The molecular weight excluding hydrogens is 543 g/mol. The van der Waals surface area contributed by atoms with Crippen LogP contribution in [0.3, 0.4) is 0 Å². The van der Waals surface area contributed by atoms with Gasteiger partial charge in [0.05, 0.1) is 24.6 Å². The Morgan fingerprint density at radius 1 is 1.10 bits per heavy atom. The largest absolute Gasteiger partial charge is 0.491 e. The number of amides is 4. The number of benzene rings is 2. The minimum atomic E-state index is -1.22. The Labute approximate surface area is 244 Å². The third kappa shape index (κ3) is 6.56. The molecule has 0 unspecified atom stereocenters. The highest BCUT2D eigenvalue weighted by molar-refractivity contribution is 6.01. The molecule has 2 N–H and O–H groups in total. The lowest BCUT2D eigenvalue weighted by Gasteiger charge is -2.38. The van der Waals surface area contributed by atoms with Gasteiger partial charge in [0, 0.05) is 38.8 Å². The van der Waals surface area contributed by atoms with Gasteiger partial charge in [-0.05, 0) is 55.5 Å². The van der Waals surface area contributed by atoms with Crippen LogP contribution in [-0.4, -0.2) is 92.0 Å². The summed E-state index contributed by atoms with van der Waals surface area (Å²) in [5.74, 6) is -1.78. The first-order valence-electron chi connectivity index (χ1n) is 14.4. The fourth-order valence-electron chi connectivity index (χ4n) is 5.99. The second-order valence-electron chi connectivity index (χ2n) is 11.3. The summed E-state index contributed by atoms with van der Waals surface area (Å²) < 4.78 is 25.7. The molecule has 3 heterocycles. The van der Waals surface area contributed by atoms with Crippen LogP contribution in [0.25, 0.3) is 0 Å². The summed E-state index contributed by atoms with van der Waals surface area (Å²) in [6.45, 7) is 1.72. The lowest BCUT2D eigenvalue weighted by Crippen LogP contribution is -2.53. The number of carbonyl (C=O) groups excluding carboxylic acids is 4. The smallest absolute Gasteiger partial charge is 0.255 e. The highest BCUT2D eigenvalue weighted by Gasteiger charge is 2.37. The molecule has 5 rings (SSSR count). The van der Waals surface area contributed by atoms with Crippen LogP contribution in [-0.2, 0) is 24.5 Å². The van der Waals surface area contributed by atoms with Crippen LogP contribution >= 0.6 is 0 Å². The molecule has 0 saturated carbocycles. The van der Waals surface area contributed by atoms with Gasteiger partial charge >= 0.3 is 0 Å². The number of halogens is 1. The molecule has 42 heavy (non-hydrogen) atoms. The van der Waals surface area contributed by atoms with Gasteiger partial charge in [0.15, 0.2) is 0 Å². The molecule has 3 aliphatic heterocycles. The molecule has 11 heteroatoms. The van der Waals surface area contributed by atoms with Gasteiger partial charge in [0.2, 0.25) is 17.7 Å². The van der Waals surface area contributed by atoms with Crippen LogP contribution < -0.4 is 15.4 Å². The molecule has 0 aromatic heterocycles. The number of likely N-dealkylation sites (N-methyl/N-ethyl adjacent to an activating group) is 1. The van der Waals surface area contributed by atoms with Crippen molar-refractivity contribution in [2.45, 2.75) is 49.6 Å². The Kier molecular flexibility index (Phi) is 9.06. The van der Waals surface area contributed by atoms with E-state index in [0.29, 0.717) is 38.3 Å². The fraction of sp³-hybridized carbons (Fsp3) is 0.484. The Hall–Kier alpha value is -3.99. The van der Waals surface area contributed by atoms with E-state index >= 15 is 0 Å². The van der Waals surface area contributed by atoms with Gasteiger partial charge in [0.1, 0.15) is 24.2 Å². The molecule has 3 aliphatic rings. The average molecular weight is 581 g/mol. The van der Waals surface area contributed by atoms with Crippen molar-refractivity contribution in [1.29, 1.82) is 0 Å². The third-order valence-electron chi connectivity index (χ3n) is 8.55. The molecule has 2 aromatic rings. The fourth-order valence-corrected chi connectivity index (χ4v) is 5.99. The molecule has 10 nitrogen and oxygen atoms in total. The first kappa shape index (κ1) is 29.5. The van der Waals surface area contributed by atoms with E-state index in [9.17, 15) is 23.6 Å². The van der Waals surface area contributed by atoms with Gasteiger partial charge in [-0.1, -0.05) is 24.3 Å². The van der Waals surface area contributed by atoms with Gasteiger partial charge in [-0.25, -0.2) is 4.39 Å². The van der Waals surface area contributed by atoms with Crippen molar-refractivity contribution in [2.75, 3.05) is 46.5 Å². The summed E-state index contributed by atoms with van der Waals surface area (Å²) in [7, 11) is 1.51. The summed E-state index contributed by atoms with van der Waals surface area (Å²) in [6.07, 6.45) is 2.39. The first-order valence-corrected chi connectivity index (χ1v) is 14.4. The van der Waals surface area contributed by atoms with E-state index in [1.54, 1.807) is 35.2 Å².